The van der Waals surface area contributed by atoms with Gasteiger partial charge in [0.05, 0.1) is 6.21 Å². The number of hydrogen-bond acceptors (Lipinski definition) is 3. The molecule has 2 rings (SSSR count). The minimum atomic E-state index is -0.343. The monoisotopic (exact) mass is 283 g/mol. The van der Waals surface area contributed by atoms with E-state index in [0.29, 0.717) is 0 Å². The Labute approximate surface area is 122 Å². The SMILES string of the molecule is Cc1ccc(/C=N\NC(=O)Cn2ccccc2=O)c(C)c1. The number of benzene rings is 1. The molecule has 0 unspecified atom stereocenters. The number of carbonyl (C=O) groups is 1. The molecule has 1 amide bonds. The fourth-order valence-corrected chi connectivity index (χ4v) is 1.93. The second-order valence-electron chi connectivity index (χ2n) is 4.82. The maximum atomic E-state index is 11.7. The van der Waals surface area contributed by atoms with E-state index in [2.05, 4.69) is 10.5 Å². The van der Waals surface area contributed by atoms with Crippen molar-refractivity contribution in [1.82, 2.24) is 9.99 Å². The van der Waals surface area contributed by atoms with E-state index in [1.165, 1.54) is 16.2 Å². The smallest absolute Gasteiger partial charge is 0.260 e. The molecule has 0 radical (unpaired) electrons. The Bertz CT molecular complexity index is 732. The molecule has 0 saturated heterocycles. The van der Waals surface area contributed by atoms with E-state index < -0.39 is 0 Å². The zero-order valence-electron chi connectivity index (χ0n) is 12.0. The van der Waals surface area contributed by atoms with Crippen LogP contribution in [0, 0.1) is 13.8 Å². The largest absolute Gasteiger partial charge is 0.306 e. The predicted molar refractivity (Wildman–Crippen MR) is 82.4 cm³/mol. The highest BCUT2D eigenvalue weighted by molar-refractivity contribution is 5.83. The highest BCUT2D eigenvalue weighted by Crippen LogP contribution is 2.07. The van der Waals surface area contributed by atoms with Crippen LogP contribution in [0.2, 0.25) is 0 Å². The van der Waals surface area contributed by atoms with E-state index in [1.54, 1.807) is 24.5 Å². The van der Waals surface area contributed by atoms with Gasteiger partial charge in [0.1, 0.15) is 6.54 Å². The summed E-state index contributed by atoms with van der Waals surface area (Å²) >= 11 is 0. The highest BCUT2D eigenvalue weighted by Gasteiger charge is 2.02. The average molecular weight is 283 g/mol. The van der Waals surface area contributed by atoms with Crippen LogP contribution in [0.4, 0.5) is 0 Å². The minimum absolute atomic E-state index is 0.0517. The number of aromatic nitrogens is 1. The fourth-order valence-electron chi connectivity index (χ4n) is 1.93. The maximum Gasteiger partial charge on any atom is 0.260 e. The summed E-state index contributed by atoms with van der Waals surface area (Å²) in [6.07, 6.45) is 3.16. The summed E-state index contributed by atoms with van der Waals surface area (Å²) in [5.41, 5.74) is 5.41. The lowest BCUT2D eigenvalue weighted by molar-refractivity contribution is -0.121. The van der Waals surface area contributed by atoms with Crippen LogP contribution in [0.15, 0.2) is 52.5 Å². The van der Waals surface area contributed by atoms with E-state index in [9.17, 15) is 9.59 Å². The Morgan fingerprint density at radius 2 is 2.10 bits per heavy atom. The Balaban J connectivity index is 1.96. The van der Waals surface area contributed by atoms with Gasteiger partial charge in [0.15, 0.2) is 0 Å². The molecule has 5 nitrogen and oxygen atoms in total. The molecule has 108 valence electrons. The highest BCUT2D eigenvalue weighted by atomic mass is 16.2. The first kappa shape index (κ1) is 14.7. The number of nitrogens with zero attached hydrogens (tertiary/aromatic N) is 2. The minimum Gasteiger partial charge on any atom is -0.306 e. The van der Waals surface area contributed by atoms with Gasteiger partial charge in [-0.05, 0) is 31.0 Å². The summed E-state index contributed by atoms with van der Waals surface area (Å²) in [6.45, 7) is 3.96. The lowest BCUT2D eigenvalue weighted by Gasteiger charge is -2.04. The van der Waals surface area contributed by atoms with E-state index in [0.717, 1.165) is 11.1 Å². The number of rotatable bonds is 4. The molecule has 0 aliphatic rings. The van der Waals surface area contributed by atoms with Crippen LogP contribution in [0.1, 0.15) is 16.7 Å². The van der Waals surface area contributed by atoms with Gasteiger partial charge in [0.25, 0.3) is 11.5 Å². The lowest BCUT2D eigenvalue weighted by Crippen LogP contribution is -2.29. The van der Waals surface area contributed by atoms with Gasteiger partial charge in [0, 0.05) is 12.3 Å². The molecule has 1 N–H and O–H groups in total. The summed E-state index contributed by atoms with van der Waals surface area (Å²) < 4.78 is 1.32. The molecule has 1 aromatic heterocycles. The Morgan fingerprint density at radius 1 is 1.29 bits per heavy atom. The molecule has 1 heterocycles. The zero-order chi connectivity index (χ0) is 15.2. The van der Waals surface area contributed by atoms with E-state index in [-0.39, 0.29) is 18.0 Å². The van der Waals surface area contributed by atoms with Crippen LogP contribution in [0.25, 0.3) is 0 Å². The van der Waals surface area contributed by atoms with Crippen molar-refractivity contribution in [3.05, 3.63) is 69.6 Å². The molecular formula is C16H17N3O2. The molecule has 0 aliphatic carbocycles. The third-order valence-corrected chi connectivity index (χ3v) is 3.03. The van der Waals surface area contributed by atoms with Gasteiger partial charge in [-0.2, -0.15) is 5.10 Å². The second kappa shape index (κ2) is 6.65. The van der Waals surface area contributed by atoms with Gasteiger partial charge in [-0.15, -0.1) is 0 Å². The standard InChI is InChI=1S/C16H17N3O2/c1-12-6-7-14(13(2)9-12)10-17-18-15(20)11-19-8-4-3-5-16(19)21/h3-10H,11H2,1-2H3,(H,18,20)/b17-10-. The topological polar surface area (TPSA) is 63.5 Å². The van der Waals surface area contributed by atoms with Gasteiger partial charge in [-0.3, -0.25) is 9.59 Å². The van der Waals surface area contributed by atoms with Gasteiger partial charge in [-0.25, -0.2) is 5.43 Å². The summed E-state index contributed by atoms with van der Waals surface area (Å²) in [7, 11) is 0. The number of pyridine rings is 1. The van der Waals surface area contributed by atoms with Crippen LogP contribution < -0.4 is 11.0 Å². The third kappa shape index (κ3) is 4.14. The first-order valence-electron chi connectivity index (χ1n) is 6.61. The number of aryl methyl sites for hydroxylation is 2. The molecule has 0 spiro atoms. The fraction of sp³-hybridized carbons (Fsp3) is 0.188. The van der Waals surface area contributed by atoms with Crippen molar-refractivity contribution in [2.75, 3.05) is 0 Å². The molecular weight excluding hydrogens is 266 g/mol. The van der Waals surface area contributed by atoms with Gasteiger partial charge >= 0.3 is 0 Å². The first-order chi connectivity index (χ1) is 10.1. The lowest BCUT2D eigenvalue weighted by atomic mass is 10.1. The van der Waals surface area contributed by atoms with Crippen molar-refractivity contribution < 1.29 is 4.79 Å². The van der Waals surface area contributed by atoms with E-state index in [1.807, 2.05) is 32.0 Å². The quantitative estimate of drug-likeness (QED) is 0.684. The Kier molecular flexibility index (Phi) is 4.66. The van der Waals surface area contributed by atoms with Crippen LogP contribution in [-0.4, -0.2) is 16.7 Å². The third-order valence-electron chi connectivity index (χ3n) is 3.03. The number of carbonyl (C=O) groups excluding carboxylic acids is 1. The summed E-state index contributed by atoms with van der Waals surface area (Å²) in [6, 6.07) is 10.7. The molecule has 0 aliphatic heterocycles. The van der Waals surface area contributed by atoms with Crippen molar-refractivity contribution in [2.24, 2.45) is 5.10 Å². The Hall–Kier alpha value is -2.69. The van der Waals surface area contributed by atoms with Crippen LogP contribution in [-0.2, 0) is 11.3 Å². The molecule has 2 aromatic rings. The average Bonchev–Trinajstić information content (AvgIpc) is 2.44. The number of hydrogen-bond donors (Lipinski definition) is 1. The molecule has 5 heteroatoms. The number of nitrogens with one attached hydrogen (secondary N) is 1. The normalized spacial score (nSPS) is 10.8. The van der Waals surface area contributed by atoms with Crippen molar-refractivity contribution in [3.63, 3.8) is 0 Å². The molecule has 1 aromatic carbocycles. The molecule has 0 fully saturated rings. The summed E-state index contributed by atoms with van der Waals surface area (Å²) in [4.78, 5) is 23.2. The molecule has 0 atom stereocenters. The number of amides is 1. The van der Waals surface area contributed by atoms with Crippen LogP contribution >= 0.6 is 0 Å². The van der Waals surface area contributed by atoms with Crippen molar-refractivity contribution >= 4 is 12.1 Å². The van der Waals surface area contributed by atoms with Crippen LogP contribution in [0.5, 0.6) is 0 Å². The number of hydrazone groups is 1. The van der Waals surface area contributed by atoms with Crippen molar-refractivity contribution in [3.8, 4) is 0 Å². The van der Waals surface area contributed by atoms with E-state index >= 15 is 0 Å². The van der Waals surface area contributed by atoms with Crippen molar-refractivity contribution in [2.45, 2.75) is 20.4 Å². The molecule has 21 heavy (non-hydrogen) atoms. The first-order valence-corrected chi connectivity index (χ1v) is 6.61. The second-order valence-corrected chi connectivity index (χ2v) is 4.82. The van der Waals surface area contributed by atoms with Gasteiger partial charge in [0.2, 0.25) is 0 Å². The van der Waals surface area contributed by atoms with E-state index in [4.69, 9.17) is 0 Å². The Morgan fingerprint density at radius 3 is 2.81 bits per heavy atom. The molecule has 0 bridgehead atoms. The van der Waals surface area contributed by atoms with Crippen LogP contribution in [0.3, 0.4) is 0 Å². The zero-order valence-corrected chi connectivity index (χ0v) is 12.0. The predicted octanol–water partition coefficient (Wildman–Crippen LogP) is 1.62. The maximum absolute atomic E-state index is 11.7. The summed E-state index contributed by atoms with van der Waals surface area (Å²) in [5.74, 6) is -0.343. The van der Waals surface area contributed by atoms with Gasteiger partial charge < -0.3 is 4.57 Å². The summed E-state index contributed by atoms with van der Waals surface area (Å²) in [5, 5.41) is 3.92. The van der Waals surface area contributed by atoms with Crippen molar-refractivity contribution in [1.29, 1.82) is 0 Å². The van der Waals surface area contributed by atoms with Gasteiger partial charge in [-0.1, -0.05) is 29.8 Å². The molecule has 0 saturated carbocycles.